The lowest BCUT2D eigenvalue weighted by molar-refractivity contribution is -0.206. The maximum absolute atomic E-state index is 15.4. The van der Waals surface area contributed by atoms with Crippen molar-refractivity contribution in [2.75, 3.05) is 7.11 Å². The van der Waals surface area contributed by atoms with Gasteiger partial charge in [0.05, 0.1) is 18.6 Å². The van der Waals surface area contributed by atoms with Crippen molar-refractivity contribution in [3.8, 4) is 16.9 Å². The summed E-state index contributed by atoms with van der Waals surface area (Å²) in [4.78, 5) is 40.6. The molecule has 0 spiro atoms. The van der Waals surface area contributed by atoms with E-state index in [-0.39, 0.29) is 51.9 Å². The Balaban J connectivity index is 1.17. The maximum atomic E-state index is 15.4. The maximum Gasteiger partial charge on any atom is 0.429 e. The number of benzene rings is 2. The van der Waals surface area contributed by atoms with Crippen LogP contribution in [0.3, 0.4) is 0 Å². The number of carbonyl (C=O) groups excluding carboxylic acids is 3. The molecule has 4 unspecified atom stereocenters. The third kappa shape index (κ3) is 8.61. The van der Waals surface area contributed by atoms with Crippen LogP contribution in [0.4, 0.5) is 39.9 Å². The molecule has 0 radical (unpaired) electrons. The number of nitrogens with one attached hydrogen (secondary N) is 3. The first-order valence-corrected chi connectivity index (χ1v) is 19.5. The van der Waals surface area contributed by atoms with Crippen molar-refractivity contribution >= 4 is 17.9 Å². The predicted octanol–water partition coefficient (Wildman–Crippen LogP) is 9.69. The van der Waals surface area contributed by atoms with Gasteiger partial charge in [0.15, 0.2) is 0 Å². The van der Waals surface area contributed by atoms with Crippen molar-refractivity contribution in [2.24, 2.45) is 29.6 Å². The minimum atomic E-state index is -5.05. The fourth-order valence-electron chi connectivity index (χ4n) is 9.10. The van der Waals surface area contributed by atoms with Gasteiger partial charge in [-0.05, 0) is 98.8 Å². The fourth-order valence-corrected chi connectivity index (χ4v) is 9.10. The highest BCUT2D eigenvalue weighted by atomic mass is 19.4. The number of rotatable bonds is 10. The molecule has 3 N–H and O–H groups in total. The molecule has 4 fully saturated rings. The average Bonchev–Trinajstić information content (AvgIpc) is 3.88. The van der Waals surface area contributed by atoms with Crippen LogP contribution >= 0.6 is 0 Å². The van der Waals surface area contributed by atoms with E-state index in [2.05, 4.69) is 22.0 Å². The van der Waals surface area contributed by atoms with Crippen LogP contribution in [0.25, 0.3) is 11.1 Å². The minimum absolute atomic E-state index is 0.00191. The lowest BCUT2D eigenvalue weighted by Crippen LogP contribution is -2.50. The van der Waals surface area contributed by atoms with Crippen LogP contribution in [0.1, 0.15) is 86.2 Å². The van der Waals surface area contributed by atoms with Gasteiger partial charge in [-0.15, -0.1) is 0 Å². The van der Waals surface area contributed by atoms with Crippen LogP contribution in [-0.2, 0) is 9.53 Å². The summed E-state index contributed by atoms with van der Waals surface area (Å²) >= 11 is 0. The van der Waals surface area contributed by atoms with Crippen molar-refractivity contribution in [1.29, 1.82) is 0 Å². The van der Waals surface area contributed by atoms with Crippen molar-refractivity contribution in [2.45, 2.75) is 94.7 Å². The molecule has 4 saturated carbocycles. The van der Waals surface area contributed by atoms with Crippen LogP contribution in [-0.4, -0.2) is 49.5 Å². The number of methoxy groups -OCH3 is 1. The molecule has 0 aromatic heterocycles. The van der Waals surface area contributed by atoms with E-state index in [1.165, 1.54) is 25.3 Å². The largest absolute Gasteiger partial charge is 0.496 e. The van der Waals surface area contributed by atoms with E-state index >= 15 is 4.39 Å². The van der Waals surface area contributed by atoms with E-state index in [9.17, 15) is 45.1 Å². The summed E-state index contributed by atoms with van der Waals surface area (Å²) in [5.74, 6) is -7.26. The van der Waals surface area contributed by atoms with Gasteiger partial charge in [-0.3, -0.25) is 9.59 Å². The number of ether oxygens (including phenoxy) is 2. The van der Waals surface area contributed by atoms with Gasteiger partial charge >= 0.3 is 18.4 Å². The zero-order valence-electron chi connectivity index (χ0n) is 31.5. The summed E-state index contributed by atoms with van der Waals surface area (Å²) < 4.78 is 123. The van der Waals surface area contributed by atoms with Gasteiger partial charge in [0.1, 0.15) is 23.3 Å². The van der Waals surface area contributed by atoms with Crippen molar-refractivity contribution < 1.29 is 59.0 Å². The first-order valence-electron chi connectivity index (χ1n) is 19.5. The van der Waals surface area contributed by atoms with Gasteiger partial charge in [0.2, 0.25) is 12.0 Å². The smallest absolute Gasteiger partial charge is 0.429 e. The normalized spacial score (nSPS) is 26.1. The Bertz CT molecular complexity index is 2020. The molecule has 5 aliphatic rings. The minimum Gasteiger partial charge on any atom is -0.496 e. The van der Waals surface area contributed by atoms with Gasteiger partial charge < -0.3 is 25.4 Å². The first kappa shape index (κ1) is 41.3. The quantitative estimate of drug-likeness (QED) is 0.164. The number of allylic oxidation sites excluding steroid dienone is 5. The van der Waals surface area contributed by atoms with Crippen LogP contribution < -0.4 is 20.7 Å². The zero-order chi connectivity index (χ0) is 41.5. The summed E-state index contributed by atoms with van der Waals surface area (Å²) in [6.45, 7) is 0. The highest BCUT2D eigenvalue weighted by molar-refractivity contribution is 5.99. The summed E-state index contributed by atoms with van der Waals surface area (Å²) in [7, 11) is 1.28. The molecule has 0 heterocycles. The van der Waals surface area contributed by atoms with E-state index in [1.807, 2.05) is 0 Å². The van der Waals surface area contributed by atoms with Gasteiger partial charge in [-0.2, -0.15) is 26.3 Å². The number of fused-ring (bicyclic) bond motifs is 2. The molecule has 2 bridgehead atoms. The van der Waals surface area contributed by atoms with Gasteiger partial charge in [-0.25, -0.2) is 13.6 Å². The van der Waals surface area contributed by atoms with Crippen LogP contribution in [0, 0.1) is 35.4 Å². The molecular formula is C42H43F8N3O5. The second kappa shape index (κ2) is 16.4. The van der Waals surface area contributed by atoms with Crippen LogP contribution in [0.5, 0.6) is 5.75 Å². The van der Waals surface area contributed by atoms with Gasteiger partial charge in [0.25, 0.3) is 5.91 Å². The average molecular weight is 822 g/mol. The molecule has 7 rings (SSSR count). The van der Waals surface area contributed by atoms with Crippen molar-refractivity contribution in [1.82, 2.24) is 16.0 Å². The monoisotopic (exact) mass is 821 g/mol. The molecule has 3 amide bonds. The van der Waals surface area contributed by atoms with Crippen LogP contribution in [0.15, 0.2) is 71.7 Å². The Kier molecular flexibility index (Phi) is 11.7. The number of amides is 3. The molecule has 58 heavy (non-hydrogen) atoms. The molecular weight excluding hydrogens is 778 g/mol. The summed E-state index contributed by atoms with van der Waals surface area (Å²) in [5, 5.41) is 7.94. The summed E-state index contributed by atoms with van der Waals surface area (Å²) in [6.07, 6.45) is -3.46. The lowest BCUT2D eigenvalue weighted by atomic mass is 9.83. The number of alkyl carbamates (subject to hydrolysis) is 1. The third-order valence-electron chi connectivity index (χ3n) is 12.2. The van der Waals surface area contributed by atoms with Crippen molar-refractivity contribution in [3.63, 3.8) is 0 Å². The van der Waals surface area contributed by atoms with Crippen LogP contribution in [0.2, 0.25) is 0 Å². The molecule has 312 valence electrons. The Morgan fingerprint density at radius 3 is 2.22 bits per heavy atom. The first-order chi connectivity index (χ1) is 27.5. The van der Waals surface area contributed by atoms with Crippen molar-refractivity contribution in [3.05, 3.63) is 88.7 Å². The number of hydrogen-bond acceptors (Lipinski definition) is 5. The summed E-state index contributed by atoms with van der Waals surface area (Å²) in [6, 6.07) is 5.39. The van der Waals surface area contributed by atoms with Gasteiger partial charge in [0, 0.05) is 41.2 Å². The van der Waals surface area contributed by atoms with E-state index in [0.29, 0.717) is 31.8 Å². The molecule has 0 aliphatic heterocycles. The molecule has 0 saturated heterocycles. The second-order valence-electron chi connectivity index (χ2n) is 15.8. The molecule has 6 atom stereocenters. The van der Waals surface area contributed by atoms with E-state index in [1.54, 1.807) is 0 Å². The summed E-state index contributed by atoms with van der Waals surface area (Å²) in [5.41, 5.74) is -0.123. The Morgan fingerprint density at radius 1 is 0.845 bits per heavy atom. The highest BCUT2D eigenvalue weighted by Gasteiger charge is 2.55. The number of carbonyl (C=O) groups is 3. The van der Waals surface area contributed by atoms with E-state index in [4.69, 9.17) is 9.47 Å². The Hall–Kier alpha value is -4.89. The van der Waals surface area contributed by atoms with E-state index in [0.717, 1.165) is 62.0 Å². The molecule has 2 aromatic carbocycles. The molecule has 5 aliphatic carbocycles. The second-order valence-corrected chi connectivity index (χ2v) is 15.8. The van der Waals surface area contributed by atoms with Gasteiger partial charge in [-0.1, -0.05) is 36.6 Å². The predicted molar refractivity (Wildman–Crippen MR) is 195 cm³/mol. The SMILES string of the molecule is COc1ccc(-c2cc([C@H](OC(=O)NC3CCC3)C(F)(F)F)ccc2F)cc1C(=O)NC1C2CCC(/C2=C/C2CCCC2)[C@@H]1C(=O)NC1=CC=C(F)C(C(F)(F)F)C1. The zero-order valence-corrected chi connectivity index (χ0v) is 31.5. The van der Waals surface area contributed by atoms with E-state index < -0.39 is 77.9 Å². The molecule has 2 aromatic rings. The number of hydrogen-bond donors (Lipinski definition) is 3. The number of alkyl halides is 6. The Morgan fingerprint density at radius 2 is 1.57 bits per heavy atom. The third-order valence-corrected chi connectivity index (χ3v) is 12.2. The molecule has 16 heteroatoms. The fraction of sp³-hybridized carbons (Fsp3) is 0.500. The Labute approximate surface area is 329 Å². The standard InChI is InChI=1S/C42H43F8N3O5/c1-57-34-16-10-22(28-19-23(9-14-32(28)43)37(42(48,49)50)58-40(56)52-24-7-4-8-24)18-30(34)38(54)53-36-27-13-12-26(29(27)17-21-5-2-3-6-21)35(36)39(55)51-25-11-15-33(44)31(20-25)41(45,46)47/h9-11,14-19,21,24,26-27,31,35-37H,2-8,12-13,20H2,1H3,(H,51,55)(H,52,56)(H,53,54)/b29-17-/t26?,27?,31?,35-,36?,37-/m0/s1. The molecule has 8 nitrogen and oxygen atoms in total. The number of halogens is 8. The topological polar surface area (TPSA) is 106 Å². The lowest BCUT2D eigenvalue weighted by Gasteiger charge is -2.31. The highest BCUT2D eigenvalue weighted by Crippen LogP contribution is 2.54.